The van der Waals surface area contributed by atoms with Crippen molar-refractivity contribution in [3.8, 4) is 5.75 Å². The molecule has 0 unspecified atom stereocenters. The van der Waals surface area contributed by atoms with Crippen molar-refractivity contribution in [3.05, 3.63) is 95.1 Å². The maximum Gasteiger partial charge on any atom is 0.262 e. The molecule has 2 amide bonds. The summed E-state index contributed by atoms with van der Waals surface area (Å²) in [6.45, 7) is 2.02. The second kappa shape index (κ2) is 10.7. The van der Waals surface area contributed by atoms with E-state index in [1.54, 1.807) is 12.1 Å². The van der Waals surface area contributed by atoms with Crippen LogP contribution in [0.5, 0.6) is 5.75 Å². The van der Waals surface area contributed by atoms with Crippen LogP contribution in [0, 0.1) is 18.6 Å². The minimum atomic E-state index is -1.07. The van der Waals surface area contributed by atoms with Crippen molar-refractivity contribution in [1.29, 1.82) is 0 Å². The molecule has 0 aromatic heterocycles. The summed E-state index contributed by atoms with van der Waals surface area (Å²) in [6.07, 6.45) is 0.426. The van der Waals surface area contributed by atoms with E-state index in [4.69, 9.17) is 9.84 Å². The van der Waals surface area contributed by atoms with Gasteiger partial charge in [0.15, 0.2) is 16.8 Å². The number of anilines is 1. The monoisotopic (exact) mass is 534 g/mol. The number of rotatable bonds is 6. The number of hydrogen-bond donors (Lipinski definition) is 1. The molecule has 10 heteroatoms. The number of thioether (sulfide) groups is 1. The third-order valence-electron chi connectivity index (χ3n) is 6.29. The van der Waals surface area contributed by atoms with Crippen LogP contribution in [-0.2, 0) is 9.59 Å². The largest absolute Gasteiger partial charge is 0.497 e. The van der Waals surface area contributed by atoms with Crippen LogP contribution in [-0.4, -0.2) is 40.1 Å². The molecule has 3 aromatic carbocycles. The van der Waals surface area contributed by atoms with Gasteiger partial charge in [0.05, 0.1) is 18.9 Å². The molecule has 194 valence electrons. The van der Waals surface area contributed by atoms with Gasteiger partial charge in [-0.05, 0) is 42.3 Å². The molecule has 0 radical (unpaired) electrons. The number of aliphatic imine (C=N–C) groups is 1. The van der Waals surface area contributed by atoms with E-state index in [1.807, 2.05) is 55.5 Å². The second-order valence-corrected chi connectivity index (χ2v) is 10.1. The van der Waals surface area contributed by atoms with E-state index in [2.05, 4.69) is 10.3 Å². The van der Waals surface area contributed by atoms with E-state index < -0.39 is 28.7 Å². The highest BCUT2D eigenvalue weighted by Gasteiger charge is 2.39. The molecular formula is C28H24F2N4O3S. The maximum absolute atomic E-state index is 13.5. The van der Waals surface area contributed by atoms with Gasteiger partial charge in [-0.2, -0.15) is 10.1 Å². The molecule has 7 nitrogen and oxygen atoms in total. The summed E-state index contributed by atoms with van der Waals surface area (Å²) >= 11 is 1.17. The first-order valence-corrected chi connectivity index (χ1v) is 12.8. The Morgan fingerprint density at radius 1 is 1.08 bits per heavy atom. The Balaban J connectivity index is 1.34. The Hall–Kier alpha value is -4.05. The molecule has 3 aromatic rings. The van der Waals surface area contributed by atoms with Gasteiger partial charge < -0.3 is 10.1 Å². The summed E-state index contributed by atoms with van der Waals surface area (Å²) in [5.41, 5.74) is 4.07. The van der Waals surface area contributed by atoms with Crippen LogP contribution >= 0.6 is 11.8 Å². The van der Waals surface area contributed by atoms with Gasteiger partial charge in [-0.15, -0.1) is 0 Å². The minimum absolute atomic E-state index is 0.108. The van der Waals surface area contributed by atoms with Gasteiger partial charge >= 0.3 is 0 Å². The molecular weight excluding hydrogens is 510 g/mol. The lowest BCUT2D eigenvalue weighted by Gasteiger charge is -2.23. The summed E-state index contributed by atoms with van der Waals surface area (Å²) in [7, 11) is 1.61. The highest BCUT2D eigenvalue weighted by atomic mass is 32.2. The van der Waals surface area contributed by atoms with E-state index in [1.165, 1.54) is 17.8 Å². The van der Waals surface area contributed by atoms with E-state index in [9.17, 15) is 18.4 Å². The number of nitrogens with one attached hydrogen (secondary N) is 1. The lowest BCUT2D eigenvalue weighted by Crippen LogP contribution is -2.25. The molecule has 1 N–H and O–H groups in total. The number of benzene rings is 3. The quantitative estimate of drug-likeness (QED) is 0.454. The average Bonchev–Trinajstić information content (AvgIpc) is 3.50. The number of carbonyl (C=O) groups is 2. The van der Waals surface area contributed by atoms with Crippen molar-refractivity contribution in [3.63, 3.8) is 0 Å². The van der Waals surface area contributed by atoms with Crippen molar-refractivity contribution in [2.45, 2.75) is 31.1 Å². The number of carbonyl (C=O) groups excluding carboxylic acids is 2. The summed E-state index contributed by atoms with van der Waals surface area (Å²) in [5.74, 6) is -2.30. The van der Waals surface area contributed by atoms with Gasteiger partial charge in [-0.3, -0.25) is 9.59 Å². The Labute approximate surface area is 222 Å². The third-order valence-corrected chi connectivity index (χ3v) is 7.44. The van der Waals surface area contributed by atoms with Gasteiger partial charge in [0, 0.05) is 24.6 Å². The molecule has 0 bridgehead atoms. The Bertz CT molecular complexity index is 1440. The van der Waals surface area contributed by atoms with Gasteiger partial charge in [0.1, 0.15) is 11.0 Å². The summed E-state index contributed by atoms with van der Waals surface area (Å²) < 4.78 is 32.0. The number of halogens is 2. The number of nitrogens with zero attached hydrogens (tertiary/aromatic N) is 3. The molecule has 5 rings (SSSR count). The molecule has 2 aliphatic rings. The number of ether oxygens (including phenoxy) is 1. The minimum Gasteiger partial charge on any atom is -0.497 e. The van der Waals surface area contributed by atoms with Gasteiger partial charge in [0.25, 0.3) is 5.91 Å². The molecule has 0 spiro atoms. The van der Waals surface area contributed by atoms with E-state index >= 15 is 0 Å². The first kappa shape index (κ1) is 25.6. The van der Waals surface area contributed by atoms with Gasteiger partial charge in [0.2, 0.25) is 5.91 Å². The van der Waals surface area contributed by atoms with Crippen LogP contribution in [0.2, 0.25) is 0 Å². The van der Waals surface area contributed by atoms with Gasteiger partial charge in [-0.25, -0.2) is 13.8 Å². The smallest absolute Gasteiger partial charge is 0.262 e. The first-order valence-electron chi connectivity index (χ1n) is 11.9. The fourth-order valence-electron chi connectivity index (χ4n) is 4.25. The number of methoxy groups -OCH3 is 1. The van der Waals surface area contributed by atoms with E-state index in [-0.39, 0.29) is 18.2 Å². The molecule has 0 saturated carbocycles. The van der Waals surface area contributed by atoms with Crippen molar-refractivity contribution >= 4 is 40.1 Å². The van der Waals surface area contributed by atoms with Crippen LogP contribution in [0.3, 0.4) is 0 Å². The molecule has 2 atom stereocenters. The predicted octanol–water partition coefficient (Wildman–Crippen LogP) is 5.46. The average molecular weight is 535 g/mol. The van der Waals surface area contributed by atoms with Crippen LogP contribution < -0.4 is 10.1 Å². The summed E-state index contributed by atoms with van der Waals surface area (Å²) in [4.78, 5) is 29.5. The van der Waals surface area contributed by atoms with Crippen molar-refractivity contribution in [2.24, 2.45) is 10.1 Å². The lowest BCUT2D eigenvalue weighted by molar-refractivity contribution is -0.121. The normalized spacial score (nSPS) is 18.8. The fraction of sp³-hybridized carbons (Fsp3) is 0.214. The first-order chi connectivity index (χ1) is 18.3. The Morgan fingerprint density at radius 2 is 1.82 bits per heavy atom. The Kier molecular flexibility index (Phi) is 7.24. The van der Waals surface area contributed by atoms with E-state index in [0.717, 1.165) is 40.3 Å². The van der Waals surface area contributed by atoms with E-state index in [0.29, 0.717) is 11.6 Å². The maximum atomic E-state index is 13.5. The number of amides is 2. The second-order valence-electron chi connectivity index (χ2n) is 8.97. The SMILES string of the molecule is COc1ccc([C@H]2CC(c3ccc(C)cc3)=NN2C2=NC(=O)[C@H](CC(=O)Nc3ccc(F)c(F)c3)S2)cc1. The molecule has 0 fully saturated rings. The van der Waals surface area contributed by atoms with Crippen molar-refractivity contribution in [2.75, 3.05) is 12.4 Å². The van der Waals surface area contributed by atoms with Crippen LogP contribution in [0.1, 0.15) is 35.6 Å². The zero-order valence-electron chi connectivity index (χ0n) is 20.7. The van der Waals surface area contributed by atoms with Crippen molar-refractivity contribution < 1.29 is 23.1 Å². The van der Waals surface area contributed by atoms with Crippen LogP contribution in [0.25, 0.3) is 0 Å². The number of hydrogen-bond acceptors (Lipinski definition) is 6. The number of amidine groups is 1. The fourth-order valence-corrected chi connectivity index (χ4v) is 5.31. The lowest BCUT2D eigenvalue weighted by atomic mass is 9.98. The third kappa shape index (κ3) is 5.45. The zero-order valence-corrected chi connectivity index (χ0v) is 21.5. The van der Waals surface area contributed by atoms with Crippen molar-refractivity contribution in [1.82, 2.24) is 5.01 Å². The molecule has 0 saturated heterocycles. The Morgan fingerprint density at radius 3 is 2.50 bits per heavy atom. The summed E-state index contributed by atoms with van der Waals surface area (Å²) in [5, 5.41) is 8.74. The molecule has 2 heterocycles. The molecule has 0 aliphatic carbocycles. The van der Waals surface area contributed by atoms with Crippen LogP contribution in [0.15, 0.2) is 76.8 Å². The predicted molar refractivity (Wildman–Crippen MR) is 143 cm³/mol. The number of aryl methyl sites for hydroxylation is 1. The highest BCUT2D eigenvalue weighted by Crippen LogP contribution is 2.39. The molecule has 2 aliphatic heterocycles. The highest BCUT2D eigenvalue weighted by molar-refractivity contribution is 8.15. The standard InChI is InChI=1S/C28H24F2N4O3S/c1-16-3-5-17(6-4-16)23-14-24(18-7-10-20(37-2)11-8-18)34(33-23)28-32-27(36)25(38-28)15-26(35)31-19-9-12-21(29)22(30)13-19/h3-13,24-25H,14-15H2,1-2H3,(H,31,35)/t24-,25+/m1/s1. The summed E-state index contributed by atoms with van der Waals surface area (Å²) in [6, 6.07) is 18.6. The molecule has 38 heavy (non-hydrogen) atoms. The topological polar surface area (TPSA) is 83.4 Å². The number of hydrazone groups is 1. The van der Waals surface area contributed by atoms with Gasteiger partial charge in [-0.1, -0.05) is 53.7 Å². The zero-order chi connectivity index (χ0) is 26.8. The van der Waals surface area contributed by atoms with Crippen LogP contribution in [0.4, 0.5) is 14.5 Å².